The maximum Gasteiger partial charge on any atom is 0.137 e. The van der Waals surface area contributed by atoms with Crippen molar-refractivity contribution in [3.8, 4) is 28.1 Å². The minimum Gasteiger partial charge on any atom is -0.456 e. The molecule has 0 aliphatic heterocycles. The normalized spacial score (nSPS) is 14.3. The minimum atomic E-state index is 0.891. The van der Waals surface area contributed by atoms with Crippen molar-refractivity contribution in [2.45, 2.75) is 25.7 Å². The summed E-state index contributed by atoms with van der Waals surface area (Å²) < 4.78 is 9.17. The molecule has 0 saturated carbocycles. The molecule has 0 bridgehead atoms. The van der Waals surface area contributed by atoms with Gasteiger partial charge < -0.3 is 8.98 Å². The zero-order valence-electron chi connectivity index (χ0n) is 26.5. The molecule has 3 aromatic heterocycles. The Morgan fingerprint density at radius 1 is 0.604 bits per heavy atom. The molecule has 0 N–H and O–H groups in total. The van der Waals surface area contributed by atoms with Crippen LogP contribution in [0.25, 0.3) is 83.5 Å². The standard InChI is InChI=1S/C45H32N2O/c1-3-13-29(14-4-1)32-19-11-23-41-44(32)35-18-8-10-22-40(35)47(41)31-25-26-36-43(27-31)48-42-24-12-20-34(45(36)42)37-28-39(30-15-5-2-6-16-30)46-38-21-9-7-17-33(37)38/h2-3,5-9,11-21,23-28H,1,4,10,22H2. The topological polar surface area (TPSA) is 31.0 Å². The molecule has 0 spiro atoms. The molecular weight excluding hydrogens is 585 g/mol. The van der Waals surface area contributed by atoms with Crippen molar-refractivity contribution < 1.29 is 4.42 Å². The average molecular weight is 617 g/mol. The number of hydrogen-bond acceptors (Lipinski definition) is 2. The van der Waals surface area contributed by atoms with E-state index in [2.05, 4.69) is 144 Å². The van der Waals surface area contributed by atoms with Crippen LogP contribution < -0.4 is 0 Å². The fourth-order valence-corrected chi connectivity index (χ4v) is 7.95. The van der Waals surface area contributed by atoms with E-state index >= 15 is 0 Å². The predicted molar refractivity (Wildman–Crippen MR) is 200 cm³/mol. The van der Waals surface area contributed by atoms with Gasteiger partial charge in [0.2, 0.25) is 0 Å². The van der Waals surface area contributed by atoms with E-state index in [9.17, 15) is 0 Å². The Morgan fingerprint density at radius 2 is 1.46 bits per heavy atom. The molecule has 48 heavy (non-hydrogen) atoms. The smallest absolute Gasteiger partial charge is 0.137 e. The Hall–Kier alpha value is -5.93. The van der Waals surface area contributed by atoms with Gasteiger partial charge in [-0.15, -0.1) is 0 Å². The van der Waals surface area contributed by atoms with Crippen molar-refractivity contribution in [2.75, 3.05) is 0 Å². The van der Waals surface area contributed by atoms with Crippen molar-refractivity contribution in [3.05, 3.63) is 156 Å². The summed E-state index contributed by atoms with van der Waals surface area (Å²) in [7, 11) is 0. The van der Waals surface area contributed by atoms with E-state index in [-0.39, 0.29) is 0 Å². The molecule has 0 atom stereocenters. The summed E-state index contributed by atoms with van der Waals surface area (Å²) in [5.41, 5.74) is 14.9. The van der Waals surface area contributed by atoms with Crippen molar-refractivity contribution >= 4 is 55.4 Å². The van der Waals surface area contributed by atoms with Crippen LogP contribution in [0.1, 0.15) is 36.1 Å². The number of nitrogens with zero attached hydrogens (tertiary/aromatic N) is 2. The molecule has 2 aliphatic rings. The Labute approximate surface area is 278 Å². The van der Waals surface area contributed by atoms with Crippen LogP contribution in [0.4, 0.5) is 0 Å². The number of allylic oxidation sites excluding steroid dienone is 5. The highest BCUT2D eigenvalue weighted by Crippen LogP contribution is 2.43. The third kappa shape index (κ3) is 4.17. The van der Waals surface area contributed by atoms with Crippen molar-refractivity contribution in [3.63, 3.8) is 0 Å². The Bertz CT molecular complexity index is 2660. The van der Waals surface area contributed by atoms with Crippen LogP contribution in [0.15, 0.2) is 144 Å². The molecule has 3 nitrogen and oxygen atoms in total. The van der Waals surface area contributed by atoms with Crippen LogP contribution in [-0.4, -0.2) is 9.55 Å². The van der Waals surface area contributed by atoms with Crippen molar-refractivity contribution in [1.29, 1.82) is 0 Å². The number of fused-ring (bicyclic) bond motifs is 7. The van der Waals surface area contributed by atoms with Gasteiger partial charge in [0.25, 0.3) is 0 Å². The van der Waals surface area contributed by atoms with Crippen molar-refractivity contribution in [1.82, 2.24) is 9.55 Å². The summed E-state index contributed by atoms with van der Waals surface area (Å²) in [6.07, 6.45) is 15.9. The number of aromatic nitrogens is 2. The monoisotopic (exact) mass is 616 g/mol. The van der Waals surface area contributed by atoms with Gasteiger partial charge in [-0.1, -0.05) is 103 Å². The van der Waals surface area contributed by atoms with Gasteiger partial charge in [-0.25, -0.2) is 4.98 Å². The molecule has 0 fully saturated rings. The quantitative estimate of drug-likeness (QED) is 0.197. The van der Waals surface area contributed by atoms with Gasteiger partial charge in [0, 0.05) is 50.1 Å². The molecule has 228 valence electrons. The zero-order valence-corrected chi connectivity index (χ0v) is 26.5. The third-order valence-corrected chi connectivity index (χ3v) is 10.1. The first-order chi connectivity index (χ1) is 23.8. The summed E-state index contributed by atoms with van der Waals surface area (Å²) >= 11 is 0. The second-order valence-electron chi connectivity index (χ2n) is 12.9. The molecule has 8 aromatic rings. The van der Waals surface area contributed by atoms with Crippen LogP contribution in [0.5, 0.6) is 0 Å². The van der Waals surface area contributed by atoms with Gasteiger partial charge in [0.1, 0.15) is 11.2 Å². The zero-order chi connectivity index (χ0) is 31.6. The van der Waals surface area contributed by atoms with E-state index in [0.717, 1.165) is 86.6 Å². The highest BCUT2D eigenvalue weighted by Gasteiger charge is 2.23. The molecule has 2 aliphatic carbocycles. The molecule has 3 heteroatoms. The number of hydrogen-bond donors (Lipinski definition) is 0. The first-order valence-electron chi connectivity index (χ1n) is 16.9. The lowest BCUT2D eigenvalue weighted by Crippen LogP contribution is -2.02. The van der Waals surface area contributed by atoms with Gasteiger partial charge in [-0.05, 0) is 84.3 Å². The Kier molecular flexibility index (Phi) is 6.13. The molecule has 0 radical (unpaired) electrons. The Morgan fingerprint density at radius 3 is 2.38 bits per heavy atom. The van der Waals surface area contributed by atoms with E-state index < -0.39 is 0 Å². The number of benzene rings is 5. The maximum atomic E-state index is 6.69. The van der Waals surface area contributed by atoms with Gasteiger partial charge in [0.15, 0.2) is 0 Å². The summed E-state index contributed by atoms with van der Waals surface area (Å²) in [5.74, 6) is 0. The summed E-state index contributed by atoms with van der Waals surface area (Å²) in [6, 6.07) is 41.1. The van der Waals surface area contributed by atoms with E-state index in [1.54, 1.807) is 0 Å². The SMILES string of the molecule is C1=CC(c2cccc3c2c2c(n3-c3ccc4c(c3)oc3cccc(-c5cc(-c6ccccc6)nc6ccccc56)c34)CCC=C2)=CCC1. The van der Waals surface area contributed by atoms with Crippen molar-refractivity contribution in [2.24, 2.45) is 0 Å². The van der Waals surface area contributed by atoms with E-state index in [4.69, 9.17) is 9.40 Å². The highest BCUT2D eigenvalue weighted by atomic mass is 16.3. The lowest BCUT2D eigenvalue weighted by molar-refractivity contribution is 0.668. The lowest BCUT2D eigenvalue weighted by atomic mass is 9.93. The van der Waals surface area contributed by atoms with Gasteiger partial charge in [-0.2, -0.15) is 0 Å². The second-order valence-corrected chi connectivity index (χ2v) is 12.9. The first kappa shape index (κ1) is 27.2. The van der Waals surface area contributed by atoms with Crippen LogP contribution in [-0.2, 0) is 6.42 Å². The first-order valence-corrected chi connectivity index (χ1v) is 16.9. The molecule has 5 aromatic carbocycles. The predicted octanol–water partition coefficient (Wildman–Crippen LogP) is 12.1. The third-order valence-electron chi connectivity index (χ3n) is 10.1. The van der Waals surface area contributed by atoms with Crippen LogP contribution >= 0.6 is 0 Å². The van der Waals surface area contributed by atoms with E-state index in [0.29, 0.717) is 0 Å². The molecule has 0 saturated heterocycles. The number of furan rings is 1. The molecule has 0 unspecified atom stereocenters. The van der Waals surface area contributed by atoms with Crippen LogP contribution in [0.3, 0.4) is 0 Å². The highest BCUT2D eigenvalue weighted by molar-refractivity contribution is 6.15. The molecule has 3 heterocycles. The van der Waals surface area contributed by atoms with Gasteiger partial charge in [0.05, 0.1) is 16.7 Å². The number of pyridine rings is 1. The van der Waals surface area contributed by atoms with Crippen LogP contribution in [0, 0.1) is 0 Å². The van der Waals surface area contributed by atoms with E-state index in [1.807, 2.05) is 6.07 Å². The fraction of sp³-hybridized carbons (Fsp3) is 0.0889. The second kappa shape index (κ2) is 10.8. The summed E-state index contributed by atoms with van der Waals surface area (Å²) in [5, 5.41) is 4.73. The minimum absolute atomic E-state index is 0.891. The van der Waals surface area contributed by atoms with Gasteiger partial charge in [-0.3, -0.25) is 0 Å². The number of rotatable bonds is 4. The summed E-state index contributed by atoms with van der Waals surface area (Å²) in [6.45, 7) is 0. The Balaban J connectivity index is 1.19. The number of para-hydroxylation sites is 1. The average Bonchev–Trinajstić information content (AvgIpc) is 3.70. The van der Waals surface area contributed by atoms with Gasteiger partial charge >= 0.3 is 0 Å². The lowest BCUT2D eigenvalue weighted by Gasteiger charge is -2.13. The largest absolute Gasteiger partial charge is 0.456 e. The van der Waals surface area contributed by atoms with E-state index in [1.165, 1.54) is 33.3 Å². The van der Waals surface area contributed by atoms with Crippen LogP contribution in [0.2, 0.25) is 0 Å². The molecule has 10 rings (SSSR count). The molecule has 0 amide bonds. The molecular formula is C45H32N2O. The summed E-state index contributed by atoms with van der Waals surface area (Å²) in [4.78, 5) is 5.06. The maximum absolute atomic E-state index is 6.69. The fourth-order valence-electron chi connectivity index (χ4n) is 7.95.